The zero-order valence-electron chi connectivity index (χ0n) is 10.6. The summed E-state index contributed by atoms with van der Waals surface area (Å²) < 4.78 is 2.13. The van der Waals surface area contributed by atoms with Gasteiger partial charge >= 0.3 is 5.13 Å². The van der Waals surface area contributed by atoms with Crippen molar-refractivity contribution in [1.29, 1.82) is 0 Å². The molecule has 0 radical (unpaired) electrons. The first-order valence-electron chi connectivity index (χ1n) is 6.45. The second-order valence-corrected chi connectivity index (χ2v) is 5.71. The predicted molar refractivity (Wildman–Crippen MR) is 73.6 cm³/mol. The Bertz CT molecular complexity index is 703. The number of imide groups is 1. The number of nitrogens with zero attached hydrogens (tertiary/aromatic N) is 2. The normalized spacial score (nSPS) is 16.3. The molecule has 5 nitrogen and oxygen atoms in total. The second-order valence-electron chi connectivity index (χ2n) is 4.85. The summed E-state index contributed by atoms with van der Waals surface area (Å²) in [5, 5.41) is 6.38. The SMILES string of the molecule is O=C1c2ccccc2C(=O)N1Cc1csc2[n+]1CCN2. The number of benzene rings is 1. The Hall–Kier alpha value is -2.21. The van der Waals surface area contributed by atoms with Crippen LogP contribution in [0.2, 0.25) is 0 Å². The molecule has 3 heterocycles. The van der Waals surface area contributed by atoms with Gasteiger partial charge < -0.3 is 0 Å². The maximum absolute atomic E-state index is 12.3. The Morgan fingerprint density at radius 2 is 1.90 bits per heavy atom. The molecular weight excluding hydrogens is 274 g/mol. The first-order valence-corrected chi connectivity index (χ1v) is 7.33. The summed E-state index contributed by atoms with van der Waals surface area (Å²) in [5.41, 5.74) is 2.02. The predicted octanol–water partition coefficient (Wildman–Crippen LogP) is 1.26. The van der Waals surface area contributed by atoms with Gasteiger partial charge in [0.05, 0.1) is 17.7 Å². The van der Waals surface area contributed by atoms with Crippen molar-refractivity contribution in [2.24, 2.45) is 0 Å². The molecule has 0 spiro atoms. The Morgan fingerprint density at radius 3 is 2.60 bits per heavy atom. The van der Waals surface area contributed by atoms with E-state index >= 15 is 0 Å². The summed E-state index contributed by atoms with van der Waals surface area (Å²) in [6.07, 6.45) is 0. The van der Waals surface area contributed by atoms with E-state index in [1.54, 1.807) is 35.6 Å². The molecule has 2 amide bonds. The quantitative estimate of drug-likeness (QED) is 0.668. The molecule has 100 valence electrons. The molecule has 0 fully saturated rings. The van der Waals surface area contributed by atoms with Crippen LogP contribution < -0.4 is 9.88 Å². The third-order valence-corrected chi connectivity index (χ3v) is 4.69. The highest BCUT2D eigenvalue weighted by atomic mass is 32.1. The molecule has 1 N–H and O–H groups in total. The van der Waals surface area contributed by atoms with E-state index in [-0.39, 0.29) is 11.8 Å². The van der Waals surface area contributed by atoms with E-state index in [9.17, 15) is 9.59 Å². The number of hydrogen-bond acceptors (Lipinski definition) is 4. The highest BCUT2D eigenvalue weighted by molar-refractivity contribution is 7.13. The Labute approximate surface area is 119 Å². The number of amides is 2. The van der Waals surface area contributed by atoms with Crippen LogP contribution in [0.25, 0.3) is 0 Å². The maximum Gasteiger partial charge on any atom is 0.334 e. The average molecular weight is 286 g/mol. The van der Waals surface area contributed by atoms with Crippen LogP contribution >= 0.6 is 11.3 Å². The number of hydrogen-bond donors (Lipinski definition) is 1. The first kappa shape index (κ1) is 11.6. The molecule has 0 aliphatic carbocycles. The van der Waals surface area contributed by atoms with E-state index in [1.807, 2.05) is 5.38 Å². The van der Waals surface area contributed by atoms with Crippen LogP contribution in [0.3, 0.4) is 0 Å². The Morgan fingerprint density at radius 1 is 1.20 bits per heavy atom. The Balaban J connectivity index is 1.68. The van der Waals surface area contributed by atoms with Gasteiger partial charge in [-0.05, 0) is 12.1 Å². The lowest BCUT2D eigenvalue weighted by atomic mass is 10.1. The number of thiazole rings is 1. The van der Waals surface area contributed by atoms with Gasteiger partial charge in [-0.25, -0.2) is 4.57 Å². The summed E-state index contributed by atoms with van der Waals surface area (Å²) in [4.78, 5) is 26.0. The van der Waals surface area contributed by atoms with Gasteiger partial charge in [0.15, 0.2) is 0 Å². The van der Waals surface area contributed by atoms with E-state index in [4.69, 9.17) is 0 Å². The molecule has 2 aliphatic heterocycles. The van der Waals surface area contributed by atoms with Gasteiger partial charge in [0.25, 0.3) is 11.8 Å². The summed E-state index contributed by atoms with van der Waals surface area (Å²) in [7, 11) is 0. The summed E-state index contributed by atoms with van der Waals surface area (Å²) in [5.74, 6) is -0.394. The maximum atomic E-state index is 12.3. The van der Waals surface area contributed by atoms with Crippen LogP contribution in [-0.2, 0) is 13.1 Å². The largest absolute Gasteiger partial charge is 0.334 e. The van der Waals surface area contributed by atoms with Gasteiger partial charge in [-0.2, -0.15) is 0 Å². The molecule has 20 heavy (non-hydrogen) atoms. The van der Waals surface area contributed by atoms with Crippen molar-refractivity contribution in [3.8, 4) is 0 Å². The van der Waals surface area contributed by atoms with Gasteiger partial charge in [0.2, 0.25) is 0 Å². The third-order valence-electron chi connectivity index (χ3n) is 3.71. The monoisotopic (exact) mass is 286 g/mol. The molecular formula is C14H12N3O2S+. The number of aromatic nitrogens is 1. The smallest absolute Gasteiger partial charge is 0.269 e. The first-order chi connectivity index (χ1) is 9.75. The van der Waals surface area contributed by atoms with Crippen LogP contribution in [-0.4, -0.2) is 23.3 Å². The summed E-state index contributed by atoms with van der Waals surface area (Å²) in [6.45, 7) is 2.13. The molecule has 0 saturated heterocycles. The highest BCUT2D eigenvalue weighted by Gasteiger charge is 2.37. The zero-order chi connectivity index (χ0) is 13.7. The van der Waals surface area contributed by atoms with Crippen LogP contribution in [0, 0.1) is 0 Å². The summed E-state index contributed by atoms with van der Waals surface area (Å²) >= 11 is 1.61. The van der Waals surface area contributed by atoms with Crippen LogP contribution in [0.4, 0.5) is 5.13 Å². The van der Waals surface area contributed by atoms with E-state index in [0.29, 0.717) is 17.7 Å². The number of rotatable bonds is 2. The van der Waals surface area contributed by atoms with Gasteiger partial charge in [0, 0.05) is 5.38 Å². The van der Waals surface area contributed by atoms with Crippen molar-refractivity contribution in [3.63, 3.8) is 0 Å². The molecule has 2 aliphatic rings. The van der Waals surface area contributed by atoms with Gasteiger partial charge in [-0.3, -0.25) is 19.8 Å². The van der Waals surface area contributed by atoms with E-state index < -0.39 is 0 Å². The molecule has 0 unspecified atom stereocenters. The van der Waals surface area contributed by atoms with Gasteiger partial charge in [-0.15, -0.1) is 0 Å². The number of fused-ring (bicyclic) bond motifs is 2. The molecule has 0 saturated carbocycles. The van der Waals surface area contributed by atoms with E-state index in [1.165, 1.54) is 4.90 Å². The van der Waals surface area contributed by atoms with E-state index in [2.05, 4.69) is 9.88 Å². The Kier molecular flexibility index (Phi) is 2.40. The van der Waals surface area contributed by atoms with Crippen molar-refractivity contribution in [3.05, 3.63) is 46.5 Å². The van der Waals surface area contributed by atoms with Crippen molar-refractivity contribution in [1.82, 2.24) is 4.90 Å². The van der Waals surface area contributed by atoms with Gasteiger partial charge in [0.1, 0.15) is 18.8 Å². The van der Waals surface area contributed by atoms with Crippen LogP contribution in [0.15, 0.2) is 29.6 Å². The highest BCUT2D eigenvalue weighted by Crippen LogP contribution is 2.25. The van der Waals surface area contributed by atoms with Crippen LogP contribution in [0.5, 0.6) is 0 Å². The molecule has 1 aromatic carbocycles. The number of anilines is 1. The molecule has 4 rings (SSSR count). The zero-order valence-corrected chi connectivity index (χ0v) is 11.4. The fourth-order valence-corrected chi connectivity index (χ4v) is 3.68. The van der Waals surface area contributed by atoms with Crippen molar-refractivity contribution < 1.29 is 14.2 Å². The fourth-order valence-electron chi connectivity index (χ4n) is 2.71. The minimum atomic E-state index is -0.197. The third kappa shape index (κ3) is 1.51. The van der Waals surface area contributed by atoms with Crippen molar-refractivity contribution in [2.45, 2.75) is 13.1 Å². The molecule has 6 heteroatoms. The molecule has 1 aromatic heterocycles. The van der Waals surface area contributed by atoms with Crippen molar-refractivity contribution >= 4 is 28.3 Å². The second kappa shape index (κ2) is 4.14. The van der Waals surface area contributed by atoms with Gasteiger partial charge in [-0.1, -0.05) is 23.5 Å². The number of nitrogens with one attached hydrogen (secondary N) is 1. The lowest BCUT2D eigenvalue weighted by Crippen LogP contribution is -2.39. The molecule has 2 aromatic rings. The molecule has 0 bridgehead atoms. The summed E-state index contributed by atoms with van der Waals surface area (Å²) in [6, 6.07) is 6.99. The van der Waals surface area contributed by atoms with Crippen LogP contribution in [0.1, 0.15) is 26.4 Å². The van der Waals surface area contributed by atoms with E-state index in [0.717, 1.165) is 23.9 Å². The lowest BCUT2D eigenvalue weighted by molar-refractivity contribution is -0.674. The standard InChI is InChI=1S/C14H11N3O2S/c18-12-10-3-1-2-4-11(10)13(19)17(12)7-9-8-20-14-15-5-6-16(9)14/h1-4,8H,5-7H2/p+1. The number of carbonyl (C=O) groups excluding carboxylic acids is 2. The average Bonchev–Trinajstić information content (AvgIpc) is 3.12. The lowest BCUT2D eigenvalue weighted by Gasteiger charge is -2.12. The minimum Gasteiger partial charge on any atom is -0.269 e. The topological polar surface area (TPSA) is 53.3 Å². The number of carbonyl (C=O) groups is 2. The molecule has 0 atom stereocenters. The minimum absolute atomic E-state index is 0.197. The fraction of sp³-hybridized carbons (Fsp3) is 0.214. The van der Waals surface area contributed by atoms with Crippen molar-refractivity contribution in [2.75, 3.05) is 11.9 Å².